The lowest BCUT2D eigenvalue weighted by Gasteiger charge is -2.15. The van der Waals surface area contributed by atoms with Crippen molar-refractivity contribution in [3.8, 4) is 6.07 Å². The second-order valence-corrected chi connectivity index (χ2v) is 6.67. The highest BCUT2D eigenvalue weighted by atomic mass is 15.1. The van der Waals surface area contributed by atoms with Crippen LogP contribution in [0.15, 0.2) is 54.6 Å². The average Bonchev–Trinajstić information content (AvgIpc) is 3.14. The Morgan fingerprint density at radius 1 is 1.07 bits per heavy atom. The zero-order valence-electron chi connectivity index (χ0n) is 15.2. The first kappa shape index (κ1) is 17.0. The fraction of sp³-hybridized carbons (Fsp3) is 0.227. The standard InChI is InChI=1S/C22H21N5/c1-24-21-19-12-11-18(16-5-3-2-4-6-16)20(19)26-22(27-21)25-17-9-7-15(8-10-17)13-14-23/h2-10,18H,11-13H2,1H3,(H2,24,25,26,27). The molecule has 0 radical (unpaired) electrons. The number of benzene rings is 2. The van der Waals surface area contributed by atoms with Gasteiger partial charge in [0.15, 0.2) is 0 Å². The van der Waals surface area contributed by atoms with Crippen LogP contribution in [-0.4, -0.2) is 17.0 Å². The van der Waals surface area contributed by atoms with Crippen LogP contribution in [0.4, 0.5) is 17.5 Å². The minimum absolute atomic E-state index is 0.301. The summed E-state index contributed by atoms with van der Waals surface area (Å²) >= 11 is 0. The van der Waals surface area contributed by atoms with Crippen LogP contribution in [0.3, 0.4) is 0 Å². The molecule has 1 heterocycles. The van der Waals surface area contributed by atoms with Crippen molar-refractivity contribution in [1.29, 1.82) is 5.26 Å². The number of hydrogen-bond acceptors (Lipinski definition) is 5. The summed E-state index contributed by atoms with van der Waals surface area (Å²) in [7, 11) is 1.90. The minimum atomic E-state index is 0.301. The molecule has 5 nitrogen and oxygen atoms in total. The number of anilines is 3. The first-order valence-corrected chi connectivity index (χ1v) is 9.15. The maximum absolute atomic E-state index is 8.80. The molecule has 0 aliphatic heterocycles. The van der Waals surface area contributed by atoms with Crippen molar-refractivity contribution < 1.29 is 0 Å². The van der Waals surface area contributed by atoms with E-state index in [4.69, 9.17) is 10.2 Å². The normalized spacial score (nSPS) is 15.0. The van der Waals surface area contributed by atoms with Crippen molar-refractivity contribution >= 4 is 17.5 Å². The molecule has 134 valence electrons. The van der Waals surface area contributed by atoms with Crippen LogP contribution in [0.2, 0.25) is 0 Å². The molecule has 3 aromatic rings. The largest absolute Gasteiger partial charge is 0.373 e. The highest BCUT2D eigenvalue weighted by molar-refractivity contribution is 5.60. The fourth-order valence-electron chi connectivity index (χ4n) is 3.66. The van der Waals surface area contributed by atoms with E-state index in [2.05, 4.69) is 46.0 Å². The zero-order valence-corrected chi connectivity index (χ0v) is 15.2. The van der Waals surface area contributed by atoms with Gasteiger partial charge in [0, 0.05) is 24.2 Å². The smallest absolute Gasteiger partial charge is 0.229 e. The molecule has 1 unspecified atom stereocenters. The van der Waals surface area contributed by atoms with Gasteiger partial charge in [0.05, 0.1) is 18.2 Å². The topological polar surface area (TPSA) is 73.6 Å². The molecule has 0 amide bonds. The molecular formula is C22H21N5. The number of nitrogens with zero attached hydrogens (tertiary/aromatic N) is 3. The van der Waals surface area contributed by atoms with Gasteiger partial charge in [-0.05, 0) is 36.1 Å². The molecule has 0 saturated carbocycles. The van der Waals surface area contributed by atoms with Gasteiger partial charge >= 0.3 is 0 Å². The monoisotopic (exact) mass is 355 g/mol. The predicted octanol–water partition coefficient (Wildman–Crippen LogP) is 4.41. The fourth-order valence-corrected chi connectivity index (χ4v) is 3.66. The molecule has 27 heavy (non-hydrogen) atoms. The van der Waals surface area contributed by atoms with Gasteiger partial charge in [-0.1, -0.05) is 42.5 Å². The lowest BCUT2D eigenvalue weighted by Crippen LogP contribution is -2.07. The summed E-state index contributed by atoms with van der Waals surface area (Å²) in [6.45, 7) is 0. The summed E-state index contributed by atoms with van der Waals surface area (Å²) in [6.07, 6.45) is 2.45. The first-order chi connectivity index (χ1) is 13.3. The zero-order chi connectivity index (χ0) is 18.6. The molecule has 2 N–H and O–H groups in total. The number of nitriles is 1. The van der Waals surface area contributed by atoms with E-state index in [1.807, 2.05) is 37.4 Å². The molecule has 2 aromatic carbocycles. The second-order valence-electron chi connectivity index (χ2n) is 6.67. The summed E-state index contributed by atoms with van der Waals surface area (Å²) < 4.78 is 0. The Morgan fingerprint density at radius 2 is 1.85 bits per heavy atom. The average molecular weight is 355 g/mol. The molecule has 0 saturated heterocycles. The summed E-state index contributed by atoms with van der Waals surface area (Å²) in [6, 6.07) is 20.5. The van der Waals surface area contributed by atoms with E-state index in [1.165, 1.54) is 11.1 Å². The van der Waals surface area contributed by atoms with Crippen LogP contribution < -0.4 is 10.6 Å². The van der Waals surface area contributed by atoms with Gasteiger partial charge < -0.3 is 10.6 Å². The number of hydrogen-bond donors (Lipinski definition) is 2. The highest BCUT2D eigenvalue weighted by Crippen LogP contribution is 2.40. The molecular weight excluding hydrogens is 334 g/mol. The maximum atomic E-state index is 8.80. The van der Waals surface area contributed by atoms with Gasteiger partial charge in [-0.3, -0.25) is 0 Å². The Balaban J connectivity index is 1.66. The first-order valence-electron chi connectivity index (χ1n) is 9.15. The van der Waals surface area contributed by atoms with Gasteiger partial charge in [-0.15, -0.1) is 0 Å². The molecule has 1 aliphatic rings. The Labute approximate surface area is 159 Å². The summed E-state index contributed by atoms with van der Waals surface area (Å²) in [5.41, 5.74) is 5.51. The highest BCUT2D eigenvalue weighted by Gasteiger charge is 2.29. The molecule has 4 rings (SSSR count). The lowest BCUT2D eigenvalue weighted by molar-refractivity contribution is 0.772. The van der Waals surface area contributed by atoms with Crippen LogP contribution in [0.25, 0.3) is 0 Å². The third kappa shape index (κ3) is 3.47. The van der Waals surface area contributed by atoms with Crippen LogP contribution in [-0.2, 0) is 12.8 Å². The van der Waals surface area contributed by atoms with Crippen molar-refractivity contribution in [1.82, 2.24) is 9.97 Å². The quantitative estimate of drug-likeness (QED) is 0.709. The Hall–Kier alpha value is -3.39. The third-order valence-corrected chi connectivity index (χ3v) is 4.98. The Bertz CT molecular complexity index is 974. The van der Waals surface area contributed by atoms with E-state index in [9.17, 15) is 0 Å². The van der Waals surface area contributed by atoms with Gasteiger partial charge in [-0.2, -0.15) is 10.2 Å². The molecule has 5 heteroatoms. The van der Waals surface area contributed by atoms with Gasteiger partial charge in [-0.25, -0.2) is 4.98 Å². The number of nitrogens with one attached hydrogen (secondary N) is 2. The van der Waals surface area contributed by atoms with E-state index in [-0.39, 0.29) is 0 Å². The Morgan fingerprint density at radius 3 is 2.56 bits per heavy atom. The lowest BCUT2D eigenvalue weighted by atomic mass is 9.97. The van der Waals surface area contributed by atoms with E-state index in [1.54, 1.807) is 0 Å². The molecule has 1 aliphatic carbocycles. The summed E-state index contributed by atoms with van der Waals surface area (Å²) in [4.78, 5) is 9.52. The van der Waals surface area contributed by atoms with E-state index in [0.29, 0.717) is 18.3 Å². The van der Waals surface area contributed by atoms with Crippen LogP contribution in [0.5, 0.6) is 0 Å². The summed E-state index contributed by atoms with van der Waals surface area (Å²) in [5, 5.41) is 15.3. The van der Waals surface area contributed by atoms with Crippen LogP contribution in [0.1, 0.15) is 34.7 Å². The van der Waals surface area contributed by atoms with Crippen molar-refractivity contribution in [2.24, 2.45) is 0 Å². The maximum Gasteiger partial charge on any atom is 0.229 e. The molecule has 1 aromatic heterocycles. The van der Waals surface area contributed by atoms with E-state index in [0.717, 1.165) is 35.6 Å². The molecule has 0 bridgehead atoms. The predicted molar refractivity (Wildman–Crippen MR) is 107 cm³/mol. The van der Waals surface area contributed by atoms with Crippen molar-refractivity contribution in [2.45, 2.75) is 25.2 Å². The third-order valence-electron chi connectivity index (χ3n) is 4.98. The van der Waals surface area contributed by atoms with Gasteiger partial charge in [0.1, 0.15) is 5.82 Å². The van der Waals surface area contributed by atoms with Gasteiger partial charge in [0.2, 0.25) is 5.95 Å². The number of fused-ring (bicyclic) bond motifs is 1. The van der Waals surface area contributed by atoms with E-state index < -0.39 is 0 Å². The molecule has 0 spiro atoms. The van der Waals surface area contributed by atoms with Crippen molar-refractivity contribution in [3.05, 3.63) is 77.0 Å². The van der Waals surface area contributed by atoms with Crippen molar-refractivity contribution in [3.63, 3.8) is 0 Å². The van der Waals surface area contributed by atoms with Gasteiger partial charge in [0.25, 0.3) is 0 Å². The van der Waals surface area contributed by atoms with Crippen LogP contribution in [0, 0.1) is 11.3 Å². The molecule has 0 fully saturated rings. The minimum Gasteiger partial charge on any atom is -0.373 e. The van der Waals surface area contributed by atoms with Crippen LogP contribution >= 0.6 is 0 Å². The molecule has 1 atom stereocenters. The number of aromatic nitrogens is 2. The summed E-state index contributed by atoms with van der Waals surface area (Å²) in [5.74, 6) is 1.78. The number of rotatable bonds is 5. The van der Waals surface area contributed by atoms with E-state index >= 15 is 0 Å². The Kier molecular flexibility index (Phi) is 4.71. The van der Waals surface area contributed by atoms with Crippen molar-refractivity contribution in [2.75, 3.05) is 17.7 Å². The second kappa shape index (κ2) is 7.46. The SMILES string of the molecule is CNc1nc(Nc2ccc(CC#N)cc2)nc2c1CCC2c1ccccc1.